The minimum atomic E-state index is 1.23. The van der Waals surface area contributed by atoms with E-state index in [0.29, 0.717) is 0 Å². The highest BCUT2D eigenvalue weighted by Gasteiger charge is 2.16. The summed E-state index contributed by atoms with van der Waals surface area (Å²) in [6, 6.07) is 0. The summed E-state index contributed by atoms with van der Waals surface area (Å²) in [5, 5.41) is 0. The average Bonchev–Trinajstić information content (AvgIpc) is 3.29. The summed E-state index contributed by atoms with van der Waals surface area (Å²) in [6.07, 6.45) is 42.9. The summed E-state index contributed by atoms with van der Waals surface area (Å²) in [6.45, 7) is 9.39. The lowest BCUT2D eigenvalue weighted by Crippen LogP contribution is -2.37. The molecule has 0 saturated carbocycles. The maximum Gasteiger partial charge on any atom is 0.256 e. The van der Waals surface area contributed by atoms with Crippen LogP contribution >= 0.6 is 0 Å². The molecule has 0 radical (unpaired) electrons. The minimum absolute atomic E-state index is 1.23. The smallest absolute Gasteiger partial charge is 0.234 e. The fourth-order valence-electron chi connectivity index (χ4n) is 5.80. The molecule has 0 aliphatic heterocycles. The Morgan fingerprint density at radius 3 is 1.30 bits per heavy atom. The molecule has 2 heteroatoms. The maximum atomic E-state index is 2.62. The number of imidazole rings is 1. The third kappa shape index (κ3) is 19.9. The Labute approximate surface area is 234 Å². The van der Waals surface area contributed by atoms with Crippen LogP contribution in [0.4, 0.5) is 0 Å². The molecule has 0 aromatic carbocycles. The van der Waals surface area contributed by atoms with Crippen LogP contribution < -0.4 is 4.57 Å². The quantitative estimate of drug-likeness (QED) is 0.0737. The highest BCUT2D eigenvalue weighted by Crippen LogP contribution is 2.14. The zero-order chi connectivity index (χ0) is 26.7. The summed E-state index contributed by atoms with van der Waals surface area (Å²) in [4.78, 5) is 0. The van der Waals surface area contributed by atoms with Crippen LogP contribution in [0.1, 0.15) is 194 Å². The van der Waals surface area contributed by atoms with Crippen LogP contribution in [0.25, 0.3) is 0 Å². The van der Waals surface area contributed by atoms with Crippen LogP contribution in [0.2, 0.25) is 0 Å². The number of nitrogens with zero attached hydrogens (tertiary/aromatic N) is 2. The second kappa shape index (κ2) is 26.8. The van der Waals surface area contributed by atoms with Crippen LogP contribution in [-0.2, 0) is 19.5 Å². The molecular formula is C35H69N2+. The van der Waals surface area contributed by atoms with E-state index >= 15 is 0 Å². The molecule has 0 bridgehead atoms. The van der Waals surface area contributed by atoms with Crippen LogP contribution in [0.15, 0.2) is 12.4 Å². The molecule has 1 aromatic rings. The molecule has 0 unspecified atom stereocenters. The molecule has 0 spiro atoms. The lowest BCUT2D eigenvalue weighted by Gasteiger charge is -2.07. The molecule has 0 amide bonds. The van der Waals surface area contributed by atoms with Gasteiger partial charge >= 0.3 is 0 Å². The molecule has 1 rings (SSSR count). The van der Waals surface area contributed by atoms with E-state index < -0.39 is 0 Å². The topological polar surface area (TPSA) is 8.81 Å². The first-order chi connectivity index (χ1) is 18.3. The van der Waals surface area contributed by atoms with Crippen molar-refractivity contribution in [1.29, 1.82) is 0 Å². The normalized spacial score (nSPS) is 11.5. The fraction of sp³-hybridized carbons (Fsp3) is 0.914. The Morgan fingerprint density at radius 2 is 0.838 bits per heavy atom. The second-order valence-electron chi connectivity index (χ2n) is 12.0. The fourth-order valence-corrected chi connectivity index (χ4v) is 5.80. The number of aryl methyl sites for hydroxylation is 2. The molecular weight excluding hydrogens is 448 g/mol. The molecule has 218 valence electrons. The van der Waals surface area contributed by atoms with Crippen molar-refractivity contribution >= 4 is 0 Å². The van der Waals surface area contributed by atoms with Crippen LogP contribution in [0.5, 0.6) is 0 Å². The Bertz CT molecular complexity index is 576. The van der Waals surface area contributed by atoms with E-state index in [1.54, 1.807) is 5.82 Å². The summed E-state index contributed by atoms with van der Waals surface area (Å²) in [5.74, 6) is 1.61. The van der Waals surface area contributed by atoms with Gasteiger partial charge in [-0.2, -0.15) is 0 Å². The van der Waals surface area contributed by atoms with E-state index in [-0.39, 0.29) is 0 Å². The summed E-state index contributed by atoms with van der Waals surface area (Å²) >= 11 is 0. The molecule has 0 aliphatic carbocycles. The van der Waals surface area contributed by atoms with Crippen LogP contribution in [0.3, 0.4) is 0 Å². The minimum Gasteiger partial charge on any atom is -0.234 e. The van der Waals surface area contributed by atoms with Crippen LogP contribution in [0, 0.1) is 0 Å². The average molecular weight is 518 g/mol. The predicted octanol–water partition coefficient (Wildman–Crippen LogP) is 11.5. The first-order valence-electron chi connectivity index (χ1n) is 17.4. The van der Waals surface area contributed by atoms with Gasteiger partial charge in [-0.3, -0.25) is 0 Å². The Balaban J connectivity index is 2.30. The first-order valence-corrected chi connectivity index (χ1v) is 17.4. The summed E-state index contributed by atoms with van der Waals surface area (Å²) < 4.78 is 5.23. The zero-order valence-corrected chi connectivity index (χ0v) is 26.1. The number of rotatable bonds is 29. The van der Waals surface area contributed by atoms with E-state index in [1.165, 1.54) is 186 Å². The van der Waals surface area contributed by atoms with Crippen LogP contribution in [-0.4, -0.2) is 4.57 Å². The van der Waals surface area contributed by atoms with E-state index in [1.807, 2.05) is 0 Å². The maximum absolute atomic E-state index is 2.62. The number of hydrogen-bond acceptors (Lipinski definition) is 0. The van der Waals surface area contributed by atoms with Gasteiger partial charge in [0.2, 0.25) is 0 Å². The zero-order valence-electron chi connectivity index (χ0n) is 26.1. The molecule has 0 aliphatic rings. The monoisotopic (exact) mass is 518 g/mol. The number of unbranched alkanes of at least 4 members (excludes halogenated alkanes) is 23. The van der Waals surface area contributed by atoms with E-state index in [0.717, 1.165) is 0 Å². The molecule has 1 heterocycles. The highest BCUT2D eigenvalue weighted by atomic mass is 15.1. The number of aromatic nitrogens is 2. The van der Waals surface area contributed by atoms with Crippen molar-refractivity contribution in [3.05, 3.63) is 18.2 Å². The molecule has 0 fully saturated rings. The highest BCUT2D eigenvalue weighted by molar-refractivity contribution is 4.84. The van der Waals surface area contributed by atoms with Crippen molar-refractivity contribution in [3.8, 4) is 0 Å². The molecule has 0 N–H and O–H groups in total. The van der Waals surface area contributed by atoms with Gasteiger partial charge in [0.1, 0.15) is 12.4 Å². The van der Waals surface area contributed by atoms with Gasteiger partial charge in [0.05, 0.1) is 13.1 Å². The van der Waals surface area contributed by atoms with Gasteiger partial charge in [-0.1, -0.05) is 156 Å². The Hall–Kier alpha value is -0.790. The molecule has 37 heavy (non-hydrogen) atoms. The van der Waals surface area contributed by atoms with Gasteiger partial charge in [0, 0.05) is 6.42 Å². The van der Waals surface area contributed by atoms with Gasteiger partial charge in [-0.15, -0.1) is 0 Å². The summed E-state index contributed by atoms with van der Waals surface area (Å²) in [7, 11) is 0. The molecule has 2 nitrogen and oxygen atoms in total. The van der Waals surface area contributed by atoms with E-state index in [9.17, 15) is 0 Å². The molecule has 0 atom stereocenters. The van der Waals surface area contributed by atoms with Crippen molar-refractivity contribution in [2.24, 2.45) is 0 Å². The van der Waals surface area contributed by atoms with Crippen molar-refractivity contribution in [1.82, 2.24) is 4.57 Å². The lowest BCUT2D eigenvalue weighted by molar-refractivity contribution is -0.704. The van der Waals surface area contributed by atoms with Crippen molar-refractivity contribution < 1.29 is 4.57 Å². The van der Waals surface area contributed by atoms with Crippen molar-refractivity contribution in [2.75, 3.05) is 0 Å². The third-order valence-corrected chi connectivity index (χ3v) is 8.35. The van der Waals surface area contributed by atoms with Gasteiger partial charge in [-0.05, 0) is 32.1 Å². The van der Waals surface area contributed by atoms with Gasteiger partial charge in [0.15, 0.2) is 0 Å². The SMILES string of the molecule is CCCCCCCCCCCCCC[n+]1ccn(CCCCCCCC)c1CCCCCCCCCC. The first kappa shape index (κ1) is 34.2. The van der Waals surface area contributed by atoms with Crippen molar-refractivity contribution in [2.45, 2.75) is 207 Å². The van der Waals surface area contributed by atoms with Gasteiger partial charge < -0.3 is 0 Å². The Kier molecular flexibility index (Phi) is 24.8. The second-order valence-corrected chi connectivity index (χ2v) is 12.0. The van der Waals surface area contributed by atoms with Gasteiger partial charge in [0.25, 0.3) is 5.82 Å². The van der Waals surface area contributed by atoms with Crippen molar-refractivity contribution in [3.63, 3.8) is 0 Å². The Morgan fingerprint density at radius 1 is 0.459 bits per heavy atom. The molecule has 1 aromatic heterocycles. The van der Waals surface area contributed by atoms with Gasteiger partial charge in [-0.25, -0.2) is 9.13 Å². The third-order valence-electron chi connectivity index (χ3n) is 8.35. The summed E-state index contributed by atoms with van der Waals surface area (Å²) in [5.41, 5.74) is 0. The molecule has 0 saturated heterocycles. The largest absolute Gasteiger partial charge is 0.256 e. The predicted molar refractivity (Wildman–Crippen MR) is 165 cm³/mol. The number of hydrogen-bond donors (Lipinski definition) is 0. The van der Waals surface area contributed by atoms with E-state index in [2.05, 4.69) is 42.3 Å². The van der Waals surface area contributed by atoms with E-state index in [4.69, 9.17) is 0 Å². The lowest BCUT2D eigenvalue weighted by atomic mass is 10.1. The standard InChI is InChI=1S/C35H69N2/c1-4-7-10-13-16-18-19-20-21-23-26-29-32-37-34-33-36(31-28-25-15-12-9-6-3)35(37)30-27-24-22-17-14-11-8-5-2/h33-34H,4-32H2,1-3H3/q+1.